The van der Waals surface area contributed by atoms with Gasteiger partial charge in [0.1, 0.15) is 0 Å². The van der Waals surface area contributed by atoms with Gasteiger partial charge in [0.25, 0.3) is 0 Å². The van der Waals surface area contributed by atoms with Crippen molar-refractivity contribution in [2.45, 2.75) is 39.7 Å². The molecule has 1 atom stereocenters. The van der Waals surface area contributed by atoms with Crippen LogP contribution in [0, 0.1) is 10.7 Å². The maximum atomic E-state index is 12.8. The topological polar surface area (TPSA) is 122 Å². The summed E-state index contributed by atoms with van der Waals surface area (Å²) in [6.07, 6.45) is 0.0721. The number of benzene rings is 1. The van der Waals surface area contributed by atoms with E-state index in [2.05, 4.69) is 10.6 Å². The van der Waals surface area contributed by atoms with Gasteiger partial charge >= 0.3 is 11.9 Å². The number of hydrogen-bond donors (Lipinski definition) is 3. The molecule has 0 aromatic heterocycles. The Morgan fingerprint density at radius 2 is 1.37 bits per heavy atom. The van der Waals surface area contributed by atoms with E-state index in [0.29, 0.717) is 22.1 Å². The van der Waals surface area contributed by atoms with Crippen molar-refractivity contribution in [1.29, 1.82) is 0 Å². The number of nitrogens with one attached hydrogen (secondary N) is 2. The Hall–Kier alpha value is -0.710. The third kappa shape index (κ3) is 5.65. The Kier molecular flexibility index (Phi) is 8.71. The van der Waals surface area contributed by atoms with Crippen LogP contribution in [-0.4, -0.2) is 34.5 Å². The number of rotatable bonds is 6. The molecule has 1 rings (SSSR count). The zero-order valence-electron chi connectivity index (χ0n) is 14.8. The normalized spacial score (nSPS) is 12.7. The molecule has 0 heterocycles. The minimum atomic E-state index is -1.70. The van der Waals surface area contributed by atoms with Gasteiger partial charge in [-0.05, 0) is 81.1 Å². The van der Waals surface area contributed by atoms with Gasteiger partial charge in [-0.15, -0.1) is 0 Å². The van der Waals surface area contributed by atoms with Crippen molar-refractivity contribution in [3.8, 4) is 0 Å². The van der Waals surface area contributed by atoms with Gasteiger partial charge in [-0.1, -0.05) is 6.92 Å². The molecule has 3 N–H and O–H groups in total. The summed E-state index contributed by atoms with van der Waals surface area (Å²) < 4.78 is 6.60. The van der Waals surface area contributed by atoms with Gasteiger partial charge in [-0.3, -0.25) is 9.59 Å². The van der Waals surface area contributed by atoms with Crippen LogP contribution in [0.2, 0.25) is 0 Å². The van der Waals surface area contributed by atoms with Crippen LogP contribution in [-0.2, 0) is 19.1 Å². The number of amides is 2. The molecule has 0 saturated heterocycles. The minimum Gasteiger partial charge on any atom is -0.478 e. The lowest BCUT2D eigenvalue weighted by Crippen LogP contribution is -2.40. The molecule has 1 aromatic carbocycles. The number of carbonyl (C=O) groups is 4. The van der Waals surface area contributed by atoms with E-state index in [1.54, 1.807) is 6.92 Å². The van der Waals surface area contributed by atoms with E-state index in [0.717, 1.165) is 0 Å². The summed E-state index contributed by atoms with van der Waals surface area (Å²) >= 11 is 5.73. The molecule has 148 valence electrons. The molecule has 0 fully saturated rings. The molecule has 1 aromatic rings. The number of carbonyl (C=O) groups excluding carboxylic acids is 3. The number of ether oxygens (including phenoxy) is 1. The van der Waals surface area contributed by atoms with Crippen LogP contribution in [0.3, 0.4) is 0 Å². The lowest BCUT2D eigenvalue weighted by Gasteiger charge is -2.25. The molecule has 1 unspecified atom stereocenters. The Balaban J connectivity index is 3.65. The third-order valence-electron chi connectivity index (χ3n) is 3.57. The van der Waals surface area contributed by atoms with Crippen molar-refractivity contribution in [2.75, 3.05) is 10.6 Å². The van der Waals surface area contributed by atoms with E-state index in [1.807, 2.05) is 67.8 Å². The van der Waals surface area contributed by atoms with Gasteiger partial charge in [0.15, 0.2) is 0 Å². The molecule has 2 amide bonds. The first-order valence-corrected chi connectivity index (χ1v) is 10.8. The fourth-order valence-electron chi connectivity index (χ4n) is 1.94. The van der Waals surface area contributed by atoms with E-state index < -0.39 is 17.5 Å². The standard InChI is InChI=1S/C16H17I3N2O6/c1-5-16(4,15(25)26)27-14(24)8-9(17)12(20-6(2)22)11(19)13(10(8)18)21-7(3)23/h5H2,1-4H3,(H,20,22)(H,21,23)(H,25,26). The predicted molar refractivity (Wildman–Crippen MR) is 125 cm³/mol. The molecular formula is C16H17I3N2O6. The van der Waals surface area contributed by atoms with Crippen LogP contribution in [0.4, 0.5) is 11.4 Å². The quantitative estimate of drug-likeness (QED) is 0.305. The molecule has 27 heavy (non-hydrogen) atoms. The van der Waals surface area contributed by atoms with E-state index >= 15 is 0 Å². The second-order valence-corrected chi connectivity index (χ2v) is 8.94. The largest absolute Gasteiger partial charge is 0.478 e. The lowest BCUT2D eigenvalue weighted by molar-refractivity contribution is -0.157. The van der Waals surface area contributed by atoms with Gasteiger partial charge in [0.05, 0.1) is 27.6 Å². The summed E-state index contributed by atoms with van der Waals surface area (Å²) in [5, 5.41) is 14.7. The molecule has 0 aliphatic carbocycles. The van der Waals surface area contributed by atoms with Crippen molar-refractivity contribution in [1.82, 2.24) is 0 Å². The average molecular weight is 714 g/mol. The first-order valence-electron chi connectivity index (χ1n) is 7.58. The summed E-state index contributed by atoms with van der Waals surface area (Å²) in [4.78, 5) is 47.5. The van der Waals surface area contributed by atoms with E-state index in [-0.39, 0.29) is 23.8 Å². The highest BCUT2D eigenvalue weighted by molar-refractivity contribution is 14.1. The van der Waals surface area contributed by atoms with E-state index in [4.69, 9.17) is 4.74 Å². The predicted octanol–water partition coefficient (Wildman–Crippen LogP) is 3.83. The Labute approximate surface area is 197 Å². The summed E-state index contributed by atoms with van der Waals surface area (Å²) in [5.41, 5.74) is -0.944. The van der Waals surface area contributed by atoms with Gasteiger partial charge in [-0.25, -0.2) is 9.59 Å². The fraction of sp³-hybridized carbons (Fsp3) is 0.375. The first kappa shape index (κ1) is 24.3. The Bertz CT molecular complexity index is 784. The number of halogens is 3. The zero-order chi connectivity index (χ0) is 21.1. The van der Waals surface area contributed by atoms with Gasteiger partial charge in [0.2, 0.25) is 17.4 Å². The zero-order valence-corrected chi connectivity index (χ0v) is 21.3. The molecule has 0 radical (unpaired) electrons. The van der Waals surface area contributed by atoms with Crippen molar-refractivity contribution in [3.63, 3.8) is 0 Å². The SMILES string of the molecule is CCC(C)(OC(=O)c1c(I)c(NC(C)=O)c(I)c(NC(C)=O)c1I)C(=O)O. The van der Waals surface area contributed by atoms with Gasteiger partial charge in [-0.2, -0.15) is 0 Å². The maximum absolute atomic E-state index is 12.8. The second-order valence-electron chi connectivity index (χ2n) is 5.71. The molecule has 0 saturated carbocycles. The van der Waals surface area contributed by atoms with E-state index in [9.17, 15) is 24.3 Å². The molecule has 0 aliphatic rings. The van der Waals surface area contributed by atoms with E-state index in [1.165, 1.54) is 20.8 Å². The summed E-state index contributed by atoms with van der Waals surface area (Å²) in [6, 6.07) is 0. The van der Waals surface area contributed by atoms with Crippen molar-refractivity contribution in [2.24, 2.45) is 0 Å². The Morgan fingerprint density at radius 1 is 0.963 bits per heavy atom. The molecule has 8 nitrogen and oxygen atoms in total. The van der Waals surface area contributed by atoms with Crippen LogP contribution in [0.5, 0.6) is 0 Å². The minimum absolute atomic E-state index is 0.0721. The summed E-state index contributed by atoms with van der Waals surface area (Å²) in [6.45, 7) is 5.54. The highest BCUT2D eigenvalue weighted by atomic mass is 127. The van der Waals surface area contributed by atoms with Crippen molar-refractivity contribution >= 4 is 103 Å². The molecular weight excluding hydrogens is 697 g/mol. The molecule has 0 spiro atoms. The Morgan fingerprint density at radius 3 is 1.67 bits per heavy atom. The van der Waals surface area contributed by atoms with Gasteiger partial charge < -0.3 is 20.5 Å². The van der Waals surface area contributed by atoms with Crippen molar-refractivity contribution in [3.05, 3.63) is 16.3 Å². The average Bonchev–Trinajstić information content (AvgIpc) is 2.54. The number of carboxylic acids is 1. The number of carboxylic acid groups (broad SMARTS) is 1. The van der Waals surface area contributed by atoms with Crippen LogP contribution >= 0.6 is 67.8 Å². The lowest BCUT2D eigenvalue weighted by atomic mass is 10.0. The van der Waals surface area contributed by atoms with Crippen LogP contribution in [0.1, 0.15) is 44.5 Å². The first-order chi connectivity index (χ1) is 12.4. The fourth-order valence-corrected chi connectivity index (χ4v) is 6.08. The van der Waals surface area contributed by atoms with Crippen molar-refractivity contribution < 1.29 is 29.0 Å². The molecule has 0 bridgehead atoms. The highest BCUT2D eigenvalue weighted by Crippen LogP contribution is 2.39. The molecule has 0 aliphatic heterocycles. The number of aliphatic carboxylic acids is 1. The summed E-state index contributed by atoms with van der Waals surface area (Å²) in [5.74, 6) is -2.84. The maximum Gasteiger partial charge on any atom is 0.347 e. The number of esters is 1. The second kappa shape index (κ2) is 9.67. The monoisotopic (exact) mass is 714 g/mol. The molecule has 11 heteroatoms. The number of anilines is 2. The summed E-state index contributed by atoms with van der Waals surface area (Å²) in [7, 11) is 0. The van der Waals surface area contributed by atoms with Crippen LogP contribution in [0.15, 0.2) is 0 Å². The highest BCUT2D eigenvalue weighted by Gasteiger charge is 2.38. The smallest absolute Gasteiger partial charge is 0.347 e. The van der Waals surface area contributed by atoms with Gasteiger partial charge in [0, 0.05) is 13.8 Å². The van der Waals surface area contributed by atoms with Crippen LogP contribution in [0.25, 0.3) is 0 Å². The number of hydrogen-bond acceptors (Lipinski definition) is 5. The van der Waals surface area contributed by atoms with Crippen LogP contribution < -0.4 is 10.6 Å². The third-order valence-corrected chi connectivity index (χ3v) is 6.80.